The van der Waals surface area contributed by atoms with Crippen molar-refractivity contribution < 1.29 is 18.0 Å². The molecular formula is C27H25N7O4S3. The zero-order valence-corrected chi connectivity index (χ0v) is 24.3. The van der Waals surface area contributed by atoms with Crippen LogP contribution in [0.5, 0.6) is 0 Å². The normalized spacial score (nSPS) is 17.3. The first-order valence-corrected chi connectivity index (χ1v) is 15.8. The van der Waals surface area contributed by atoms with E-state index in [2.05, 4.69) is 21.6 Å². The van der Waals surface area contributed by atoms with E-state index in [-0.39, 0.29) is 33.7 Å². The standard InChI is InChI=1S/C27H25N7O4S3/c1-15-5-2-3-6-18(15)23-19(13-28)25(29)34(20-7-4-8-21(35)24(20)23)26-32-33-27(40-26)39-14-22(36)31-16-9-11-17(12-10-16)41(30,37)38/h2-3,5-6,9-12,23H,4,7-8,14,29H2,1H3,(H,31,36)(H2,30,37,38). The van der Waals surface area contributed by atoms with Gasteiger partial charge in [-0.25, -0.2) is 13.6 Å². The molecule has 1 atom stereocenters. The quantitative estimate of drug-likeness (QED) is 0.336. The molecule has 2 aromatic carbocycles. The Hall–Kier alpha value is -4.03. The number of hydrogen-bond donors (Lipinski definition) is 3. The van der Waals surface area contributed by atoms with Crippen molar-refractivity contribution in [3.8, 4) is 6.07 Å². The fraction of sp³-hybridized carbons (Fsp3) is 0.222. The number of allylic oxidation sites excluding steroid dienone is 3. The van der Waals surface area contributed by atoms with Crippen molar-refractivity contribution in [2.45, 2.75) is 41.3 Å². The second kappa shape index (κ2) is 11.5. The lowest BCUT2D eigenvalue weighted by molar-refractivity contribution is -0.116. The second-order valence-corrected chi connectivity index (χ2v) is 13.2. The molecule has 41 heavy (non-hydrogen) atoms. The molecule has 3 aromatic rings. The van der Waals surface area contributed by atoms with Gasteiger partial charge in [0.2, 0.25) is 21.1 Å². The first-order chi connectivity index (χ1) is 19.6. The number of ketones is 1. The van der Waals surface area contributed by atoms with Gasteiger partial charge in [0.05, 0.1) is 28.2 Å². The topological polar surface area (TPSA) is 185 Å². The van der Waals surface area contributed by atoms with Gasteiger partial charge in [-0.2, -0.15) is 5.26 Å². The van der Waals surface area contributed by atoms with Crippen LogP contribution in [0.15, 0.2) is 80.4 Å². The van der Waals surface area contributed by atoms with E-state index in [1.807, 2.05) is 31.2 Å². The van der Waals surface area contributed by atoms with Gasteiger partial charge in [0.15, 0.2) is 10.1 Å². The molecule has 1 amide bonds. The number of aromatic nitrogens is 2. The van der Waals surface area contributed by atoms with E-state index < -0.39 is 15.9 Å². The molecule has 0 bridgehead atoms. The van der Waals surface area contributed by atoms with Crippen LogP contribution < -0.4 is 21.1 Å². The predicted molar refractivity (Wildman–Crippen MR) is 156 cm³/mol. The predicted octanol–water partition coefficient (Wildman–Crippen LogP) is 3.53. The summed E-state index contributed by atoms with van der Waals surface area (Å²) in [6.45, 7) is 1.95. The third-order valence-electron chi connectivity index (χ3n) is 6.79. The fourth-order valence-electron chi connectivity index (χ4n) is 4.93. The van der Waals surface area contributed by atoms with Crippen molar-refractivity contribution in [3.63, 3.8) is 0 Å². The average molecular weight is 608 g/mol. The van der Waals surface area contributed by atoms with Crippen LogP contribution in [0, 0.1) is 18.3 Å². The minimum absolute atomic E-state index is 0.0160. The molecule has 210 valence electrons. The van der Waals surface area contributed by atoms with Crippen LogP contribution in [-0.2, 0) is 19.6 Å². The Labute approximate surface area is 245 Å². The lowest BCUT2D eigenvalue weighted by atomic mass is 9.75. The number of aryl methyl sites for hydroxylation is 1. The van der Waals surface area contributed by atoms with Crippen molar-refractivity contribution in [2.24, 2.45) is 10.9 Å². The summed E-state index contributed by atoms with van der Waals surface area (Å²) in [6, 6.07) is 15.4. The van der Waals surface area contributed by atoms with Crippen molar-refractivity contribution in [2.75, 3.05) is 16.0 Å². The molecule has 0 spiro atoms. The third kappa shape index (κ3) is 5.75. The zero-order chi connectivity index (χ0) is 29.3. The molecule has 14 heteroatoms. The van der Waals surface area contributed by atoms with Gasteiger partial charge in [-0.3, -0.25) is 14.5 Å². The molecule has 2 aliphatic rings. The van der Waals surface area contributed by atoms with Crippen LogP contribution in [0.3, 0.4) is 0 Å². The highest BCUT2D eigenvalue weighted by Gasteiger charge is 2.41. The molecule has 2 heterocycles. The summed E-state index contributed by atoms with van der Waals surface area (Å²) < 4.78 is 23.3. The first-order valence-electron chi connectivity index (χ1n) is 12.5. The summed E-state index contributed by atoms with van der Waals surface area (Å²) in [5, 5.41) is 26.9. The Kier molecular flexibility index (Phi) is 7.96. The number of anilines is 2. The van der Waals surface area contributed by atoms with Crippen molar-refractivity contribution >= 4 is 55.6 Å². The summed E-state index contributed by atoms with van der Waals surface area (Å²) in [7, 11) is -3.83. The number of nitrogens with zero attached hydrogens (tertiary/aromatic N) is 4. The Morgan fingerprint density at radius 3 is 2.61 bits per heavy atom. The lowest BCUT2D eigenvalue weighted by Crippen LogP contribution is -2.38. The number of carbonyl (C=O) groups is 2. The van der Waals surface area contributed by atoms with Gasteiger partial charge in [-0.15, -0.1) is 10.2 Å². The Balaban J connectivity index is 1.37. The minimum Gasteiger partial charge on any atom is -0.384 e. The van der Waals surface area contributed by atoms with Gasteiger partial charge >= 0.3 is 0 Å². The van der Waals surface area contributed by atoms with Crippen LogP contribution in [0.4, 0.5) is 10.8 Å². The largest absolute Gasteiger partial charge is 0.384 e. The van der Waals surface area contributed by atoms with Gasteiger partial charge in [0.1, 0.15) is 5.82 Å². The molecule has 0 radical (unpaired) electrons. The maximum atomic E-state index is 13.3. The van der Waals surface area contributed by atoms with Crippen molar-refractivity contribution in [1.29, 1.82) is 5.26 Å². The number of sulfonamides is 1. The summed E-state index contributed by atoms with van der Waals surface area (Å²) >= 11 is 2.37. The number of amides is 1. The van der Waals surface area contributed by atoms with E-state index in [1.54, 1.807) is 4.90 Å². The van der Waals surface area contributed by atoms with Crippen LogP contribution >= 0.6 is 23.1 Å². The van der Waals surface area contributed by atoms with E-state index in [4.69, 9.17) is 10.9 Å². The van der Waals surface area contributed by atoms with E-state index >= 15 is 0 Å². The van der Waals surface area contributed by atoms with Crippen LogP contribution in [0.1, 0.15) is 36.3 Å². The summed E-state index contributed by atoms with van der Waals surface area (Å²) in [5.41, 5.74) is 10.4. The fourth-order valence-corrected chi connectivity index (χ4v) is 7.13. The van der Waals surface area contributed by atoms with E-state index in [1.165, 1.54) is 35.6 Å². The van der Waals surface area contributed by atoms with Crippen molar-refractivity contribution in [1.82, 2.24) is 10.2 Å². The monoisotopic (exact) mass is 607 g/mol. The molecule has 11 nitrogen and oxygen atoms in total. The number of thioether (sulfide) groups is 1. The average Bonchev–Trinajstić information content (AvgIpc) is 3.40. The molecule has 5 N–H and O–H groups in total. The lowest BCUT2D eigenvalue weighted by Gasteiger charge is -2.38. The number of nitrogens with one attached hydrogen (secondary N) is 1. The number of hydrogen-bond acceptors (Lipinski definition) is 11. The minimum atomic E-state index is -3.83. The molecule has 1 aromatic heterocycles. The molecule has 1 unspecified atom stereocenters. The number of primary sulfonamides is 1. The van der Waals surface area contributed by atoms with Crippen LogP contribution in [0.2, 0.25) is 0 Å². The van der Waals surface area contributed by atoms with E-state index in [9.17, 15) is 23.3 Å². The summed E-state index contributed by atoms with van der Waals surface area (Å²) in [4.78, 5) is 27.4. The smallest absolute Gasteiger partial charge is 0.238 e. The molecular weight excluding hydrogens is 583 g/mol. The number of rotatable bonds is 7. The van der Waals surface area contributed by atoms with Gasteiger partial charge in [-0.05, 0) is 55.2 Å². The SMILES string of the molecule is Cc1ccccc1C1C(C#N)=C(N)N(c2nnc(SCC(=O)Nc3ccc(S(N)(=O)=O)cc3)s2)C2=C1C(=O)CCC2. The highest BCUT2D eigenvalue weighted by molar-refractivity contribution is 8.01. The van der Waals surface area contributed by atoms with Crippen LogP contribution in [0.25, 0.3) is 0 Å². The second-order valence-electron chi connectivity index (χ2n) is 9.43. The molecule has 0 fully saturated rings. The van der Waals surface area contributed by atoms with Gasteiger partial charge in [-0.1, -0.05) is 47.4 Å². The van der Waals surface area contributed by atoms with E-state index in [0.717, 1.165) is 28.6 Å². The maximum absolute atomic E-state index is 13.3. The van der Waals surface area contributed by atoms with Gasteiger partial charge < -0.3 is 11.1 Å². The van der Waals surface area contributed by atoms with E-state index in [0.29, 0.717) is 40.0 Å². The van der Waals surface area contributed by atoms with Crippen molar-refractivity contribution in [3.05, 3.63) is 82.3 Å². The molecule has 5 rings (SSSR count). The Bertz CT molecular complexity index is 1760. The number of nitrogens with two attached hydrogens (primary N) is 2. The third-order valence-corrected chi connectivity index (χ3v) is 9.76. The number of carbonyl (C=O) groups excluding carboxylic acids is 2. The maximum Gasteiger partial charge on any atom is 0.238 e. The molecule has 1 aliphatic carbocycles. The Morgan fingerprint density at radius 1 is 1.20 bits per heavy atom. The molecule has 0 saturated heterocycles. The van der Waals surface area contributed by atoms with Gasteiger partial charge in [0.25, 0.3) is 0 Å². The molecule has 1 aliphatic heterocycles. The number of Topliss-reactive ketones (excluding diaryl/α,β-unsaturated/α-hetero) is 1. The highest BCUT2D eigenvalue weighted by atomic mass is 32.2. The highest BCUT2D eigenvalue weighted by Crippen LogP contribution is 2.47. The van der Waals surface area contributed by atoms with Gasteiger partial charge in [0, 0.05) is 23.4 Å². The molecule has 0 saturated carbocycles. The van der Waals surface area contributed by atoms with Crippen LogP contribution in [-0.4, -0.2) is 36.1 Å². The first kappa shape index (κ1) is 28.5. The zero-order valence-electron chi connectivity index (χ0n) is 21.8. The summed E-state index contributed by atoms with van der Waals surface area (Å²) in [6.07, 6.45) is 1.64. The number of nitriles is 1. The Morgan fingerprint density at radius 2 is 1.93 bits per heavy atom. The number of benzene rings is 2. The summed E-state index contributed by atoms with van der Waals surface area (Å²) in [5.74, 6) is -0.671.